The Morgan fingerprint density at radius 3 is 2.44 bits per heavy atom. The van der Waals surface area contributed by atoms with Gasteiger partial charge in [0.2, 0.25) is 15.6 Å². The molecule has 0 fully saturated rings. The van der Waals surface area contributed by atoms with Gasteiger partial charge in [-0.25, -0.2) is 8.42 Å². The SMILES string of the molecule is COC(=O)C(C)(C)NS(=O)(=O)c1ccc(=O)[nH]c1. The van der Waals surface area contributed by atoms with Gasteiger partial charge in [-0.05, 0) is 19.9 Å². The highest BCUT2D eigenvalue weighted by atomic mass is 32.2. The maximum atomic E-state index is 11.9. The first kappa shape index (κ1) is 14.4. The molecule has 0 unspecified atom stereocenters. The molecule has 7 nitrogen and oxygen atoms in total. The summed E-state index contributed by atoms with van der Waals surface area (Å²) in [6.07, 6.45) is 1.05. The Morgan fingerprint density at radius 2 is 2.00 bits per heavy atom. The second-order valence-corrected chi connectivity index (χ2v) is 5.79. The third-order valence-electron chi connectivity index (χ3n) is 2.15. The number of aromatic amines is 1. The predicted molar refractivity (Wildman–Crippen MR) is 63.5 cm³/mol. The van der Waals surface area contributed by atoms with Crippen LogP contribution in [0.25, 0.3) is 0 Å². The van der Waals surface area contributed by atoms with Gasteiger partial charge in [-0.1, -0.05) is 0 Å². The molecule has 0 atom stereocenters. The van der Waals surface area contributed by atoms with Gasteiger partial charge in [0.1, 0.15) is 5.54 Å². The van der Waals surface area contributed by atoms with E-state index < -0.39 is 27.1 Å². The minimum Gasteiger partial charge on any atom is -0.468 e. The minimum atomic E-state index is -3.91. The number of rotatable bonds is 4. The molecule has 0 bridgehead atoms. The molecule has 0 aliphatic heterocycles. The fourth-order valence-electron chi connectivity index (χ4n) is 1.26. The van der Waals surface area contributed by atoms with Crippen LogP contribution in [-0.4, -0.2) is 32.0 Å². The number of sulfonamides is 1. The number of esters is 1. The molecule has 1 aromatic heterocycles. The smallest absolute Gasteiger partial charge is 0.326 e. The molecule has 0 amide bonds. The lowest BCUT2D eigenvalue weighted by molar-refractivity contribution is -0.146. The van der Waals surface area contributed by atoms with Crippen LogP contribution in [0.4, 0.5) is 0 Å². The molecule has 2 N–H and O–H groups in total. The lowest BCUT2D eigenvalue weighted by atomic mass is 10.1. The number of pyridine rings is 1. The van der Waals surface area contributed by atoms with Gasteiger partial charge >= 0.3 is 5.97 Å². The summed E-state index contributed by atoms with van der Waals surface area (Å²) in [5.41, 5.74) is -1.81. The molecule has 0 aromatic carbocycles. The van der Waals surface area contributed by atoms with Crippen LogP contribution in [0, 0.1) is 0 Å². The molecule has 0 aliphatic carbocycles. The monoisotopic (exact) mass is 274 g/mol. The Morgan fingerprint density at radius 1 is 1.39 bits per heavy atom. The molecule has 1 rings (SSSR count). The average Bonchev–Trinajstić information content (AvgIpc) is 2.27. The summed E-state index contributed by atoms with van der Waals surface area (Å²) < 4.78 is 30.6. The summed E-state index contributed by atoms with van der Waals surface area (Å²) in [6, 6.07) is 2.23. The zero-order chi connectivity index (χ0) is 14.0. The molecule has 8 heteroatoms. The van der Waals surface area contributed by atoms with Crippen LogP contribution >= 0.6 is 0 Å². The number of hydrogen-bond acceptors (Lipinski definition) is 5. The number of ether oxygens (including phenoxy) is 1. The fourth-order valence-corrected chi connectivity index (χ4v) is 2.59. The highest BCUT2D eigenvalue weighted by molar-refractivity contribution is 7.89. The van der Waals surface area contributed by atoms with Crippen LogP contribution in [0.3, 0.4) is 0 Å². The van der Waals surface area contributed by atoms with Crippen LogP contribution in [0.15, 0.2) is 28.0 Å². The summed E-state index contributed by atoms with van der Waals surface area (Å²) in [6.45, 7) is 2.75. The van der Waals surface area contributed by atoms with E-state index in [1.807, 2.05) is 0 Å². The summed E-state index contributed by atoms with van der Waals surface area (Å²) in [4.78, 5) is 24.3. The molecule has 0 radical (unpaired) electrons. The lowest BCUT2D eigenvalue weighted by Crippen LogP contribution is -2.50. The third kappa shape index (κ3) is 3.17. The normalized spacial score (nSPS) is 12.2. The van der Waals surface area contributed by atoms with Crippen molar-refractivity contribution in [2.24, 2.45) is 0 Å². The number of methoxy groups -OCH3 is 1. The number of carbonyl (C=O) groups excluding carboxylic acids is 1. The van der Waals surface area contributed by atoms with Crippen molar-refractivity contribution in [3.05, 3.63) is 28.7 Å². The van der Waals surface area contributed by atoms with Gasteiger partial charge in [-0.15, -0.1) is 0 Å². The van der Waals surface area contributed by atoms with Crippen molar-refractivity contribution in [1.29, 1.82) is 0 Å². The number of nitrogens with one attached hydrogen (secondary N) is 2. The first-order chi connectivity index (χ1) is 8.19. The summed E-state index contributed by atoms with van der Waals surface area (Å²) >= 11 is 0. The Kier molecular flexibility index (Phi) is 3.92. The van der Waals surface area contributed by atoms with E-state index in [9.17, 15) is 18.0 Å². The van der Waals surface area contributed by atoms with E-state index in [1.54, 1.807) is 0 Å². The molecular weight excluding hydrogens is 260 g/mol. The second kappa shape index (κ2) is 4.91. The van der Waals surface area contributed by atoms with Gasteiger partial charge < -0.3 is 9.72 Å². The van der Waals surface area contributed by atoms with Gasteiger partial charge in [0.05, 0.1) is 12.0 Å². The lowest BCUT2D eigenvalue weighted by Gasteiger charge is -2.22. The third-order valence-corrected chi connectivity index (χ3v) is 3.80. The largest absolute Gasteiger partial charge is 0.468 e. The van der Waals surface area contributed by atoms with Crippen LogP contribution in [0.5, 0.6) is 0 Å². The molecule has 18 heavy (non-hydrogen) atoms. The Hall–Kier alpha value is -1.67. The van der Waals surface area contributed by atoms with Crippen molar-refractivity contribution in [1.82, 2.24) is 9.71 Å². The zero-order valence-electron chi connectivity index (χ0n) is 10.2. The van der Waals surface area contributed by atoms with E-state index in [4.69, 9.17) is 0 Å². The summed E-state index contributed by atoms with van der Waals surface area (Å²) in [5.74, 6) is -0.713. The van der Waals surface area contributed by atoms with Crippen molar-refractivity contribution in [2.75, 3.05) is 7.11 Å². The van der Waals surface area contributed by atoms with Crippen LogP contribution < -0.4 is 10.3 Å². The zero-order valence-corrected chi connectivity index (χ0v) is 11.0. The quantitative estimate of drug-likeness (QED) is 0.727. The van der Waals surface area contributed by atoms with Crippen molar-refractivity contribution in [3.8, 4) is 0 Å². The second-order valence-electron chi connectivity index (χ2n) is 4.11. The molecule has 1 aromatic rings. The van der Waals surface area contributed by atoms with Crippen molar-refractivity contribution in [2.45, 2.75) is 24.3 Å². The Labute approximate surface area is 104 Å². The fraction of sp³-hybridized carbons (Fsp3) is 0.400. The van der Waals surface area contributed by atoms with Gasteiger partial charge in [-0.3, -0.25) is 9.59 Å². The number of aromatic nitrogens is 1. The Balaban J connectivity index is 3.06. The van der Waals surface area contributed by atoms with Crippen LogP contribution in [0.2, 0.25) is 0 Å². The van der Waals surface area contributed by atoms with Gasteiger partial charge in [0.15, 0.2) is 0 Å². The van der Waals surface area contributed by atoms with Gasteiger partial charge in [0, 0.05) is 12.3 Å². The van der Waals surface area contributed by atoms with Gasteiger partial charge in [0.25, 0.3) is 0 Å². The molecule has 100 valence electrons. The first-order valence-electron chi connectivity index (χ1n) is 5.00. The molecule has 0 saturated carbocycles. The molecule has 0 aliphatic rings. The van der Waals surface area contributed by atoms with Crippen LogP contribution in [-0.2, 0) is 19.6 Å². The maximum Gasteiger partial charge on any atom is 0.326 e. The van der Waals surface area contributed by atoms with E-state index in [-0.39, 0.29) is 4.90 Å². The van der Waals surface area contributed by atoms with Crippen LogP contribution in [0.1, 0.15) is 13.8 Å². The minimum absolute atomic E-state index is 0.140. The first-order valence-corrected chi connectivity index (χ1v) is 6.48. The molecule has 0 spiro atoms. The number of carbonyl (C=O) groups is 1. The van der Waals surface area contributed by atoms with E-state index in [0.717, 1.165) is 18.3 Å². The summed E-state index contributed by atoms with van der Waals surface area (Å²) in [7, 11) is -2.75. The average molecular weight is 274 g/mol. The molecular formula is C10H14N2O5S. The molecule has 0 saturated heterocycles. The van der Waals surface area contributed by atoms with Gasteiger partial charge in [-0.2, -0.15) is 4.72 Å². The van der Waals surface area contributed by atoms with Crippen molar-refractivity contribution >= 4 is 16.0 Å². The maximum absolute atomic E-state index is 11.9. The summed E-state index contributed by atoms with van der Waals surface area (Å²) in [5, 5.41) is 0. The predicted octanol–water partition coefficient (Wildman–Crippen LogP) is -0.395. The van der Waals surface area contributed by atoms with E-state index >= 15 is 0 Å². The topological polar surface area (TPSA) is 105 Å². The highest BCUT2D eigenvalue weighted by Crippen LogP contribution is 2.12. The van der Waals surface area contributed by atoms with Crippen molar-refractivity contribution < 1.29 is 17.9 Å². The number of hydrogen-bond donors (Lipinski definition) is 2. The van der Waals surface area contributed by atoms with E-state index in [0.29, 0.717) is 0 Å². The molecule has 1 heterocycles. The standard InChI is InChI=1S/C10H14N2O5S/c1-10(2,9(14)17-3)12-18(15,16)7-4-5-8(13)11-6-7/h4-6,12H,1-3H3,(H,11,13). The van der Waals surface area contributed by atoms with E-state index in [1.165, 1.54) is 21.0 Å². The number of H-pyrrole nitrogens is 1. The highest BCUT2D eigenvalue weighted by Gasteiger charge is 2.34. The van der Waals surface area contributed by atoms with Crippen molar-refractivity contribution in [3.63, 3.8) is 0 Å². The Bertz CT molecular complexity index is 582. The van der Waals surface area contributed by atoms with E-state index in [2.05, 4.69) is 14.4 Å².